The fraction of sp³-hybridized carbons (Fsp3) is 1.00. The molecule has 0 aliphatic heterocycles. The molecule has 0 aromatic carbocycles. The number of halogens is 1. The first-order valence-electron chi connectivity index (χ1n) is 5.09. The third kappa shape index (κ3) is 1.49. The Bertz CT molecular complexity index is 142. The van der Waals surface area contributed by atoms with Gasteiger partial charge in [0.05, 0.1) is 6.10 Å². The molecule has 0 aromatic heterocycles. The van der Waals surface area contributed by atoms with E-state index in [1.165, 1.54) is 25.7 Å². The van der Waals surface area contributed by atoms with Crippen LogP contribution in [0.25, 0.3) is 0 Å². The molecule has 4 atom stereocenters. The van der Waals surface area contributed by atoms with E-state index >= 15 is 0 Å². The summed E-state index contributed by atoms with van der Waals surface area (Å²) >= 11 is 0. The number of aliphatic hydroxyl groups is 1. The molecule has 1 nitrogen and oxygen atoms in total. The average molecular weight is 172 g/mol. The predicted molar refractivity (Wildman–Crippen MR) is 45.6 cm³/mol. The Balaban J connectivity index is 1.98. The molecule has 0 bridgehead atoms. The quantitative estimate of drug-likeness (QED) is 0.594. The van der Waals surface area contributed by atoms with Crippen molar-refractivity contribution < 1.29 is 9.50 Å². The molecule has 0 saturated heterocycles. The van der Waals surface area contributed by atoms with Gasteiger partial charge < -0.3 is 5.11 Å². The Morgan fingerprint density at radius 1 is 1.00 bits per heavy atom. The fourth-order valence-corrected chi connectivity index (χ4v) is 2.81. The third-order valence-electron chi connectivity index (χ3n) is 3.56. The Labute approximate surface area is 73.0 Å². The summed E-state index contributed by atoms with van der Waals surface area (Å²) in [4.78, 5) is 0. The van der Waals surface area contributed by atoms with Crippen molar-refractivity contribution in [1.29, 1.82) is 0 Å². The summed E-state index contributed by atoms with van der Waals surface area (Å²) in [5, 5.41) is 9.34. The summed E-state index contributed by atoms with van der Waals surface area (Å²) in [6.07, 6.45) is 4.69. The van der Waals surface area contributed by atoms with Gasteiger partial charge in [0.15, 0.2) is 0 Å². The van der Waals surface area contributed by atoms with E-state index < -0.39 is 12.3 Å². The molecule has 2 fully saturated rings. The maximum atomic E-state index is 13.1. The monoisotopic (exact) mass is 172 g/mol. The van der Waals surface area contributed by atoms with Crippen LogP contribution in [0.15, 0.2) is 0 Å². The Morgan fingerprint density at radius 3 is 2.25 bits per heavy atom. The topological polar surface area (TPSA) is 20.2 Å². The average Bonchev–Trinajstić information content (AvgIpc) is 2.07. The van der Waals surface area contributed by atoms with Gasteiger partial charge in [0.1, 0.15) is 6.17 Å². The first-order chi connectivity index (χ1) is 5.77. The number of rotatable bonds is 0. The minimum absolute atomic E-state index is 0.581. The van der Waals surface area contributed by atoms with Crippen LogP contribution in [-0.2, 0) is 0 Å². The molecule has 0 amide bonds. The van der Waals surface area contributed by atoms with Gasteiger partial charge in [0, 0.05) is 0 Å². The molecule has 70 valence electrons. The number of alkyl halides is 1. The highest BCUT2D eigenvalue weighted by molar-refractivity contribution is 4.87. The van der Waals surface area contributed by atoms with Crippen LogP contribution in [0.2, 0.25) is 0 Å². The maximum Gasteiger partial charge on any atom is 0.126 e. The summed E-state index contributed by atoms with van der Waals surface area (Å²) in [5.41, 5.74) is 0. The van der Waals surface area contributed by atoms with Crippen LogP contribution in [0.1, 0.15) is 38.5 Å². The SMILES string of the molecule is O[C@H]1C[C@H]2CCCC[C@@H]2C[C@H]1F. The van der Waals surface area contributed by atoms with E-state index in [0.29, 0.717) is 24.7 Å². The van der Waals surface area contributed by atoms with Crippen LogP contribution < -0.4 is 0 Å². The summed E-state index contributed by atoms with van der Waals surface area (Å²) in [5.74, 6) is 1.21. The zero-order chi connectivity index (χ0) is 8.55. The zero-order valence-corrected chi connectivity index (χ0v) is 7.38. The lowest BCUT2D eigenvalue weighted by atomic mass is 9.69. The van der Waals surface area contributed by atoms with Crippen molar-refractivity contribution in [3.05, 3.63) is 0 Å². The standard InChI is InChI=1S/C10H17FO/c11-9-5-7-3-1-2-4-8(7)6-10(9)12/h7-10,12H,1-6H2/t7-,8-,9-,10+/m1/s1. The van der Waals surface area contributed by atoms with Crippen molar-refractivity contribution >= 4 is 0 Å². The summed E-state index contributed by atoms with van der Waals surface area (Å²) in [7, 11) is 0. The van der Waals surface area contributed by atoms with Crippen LogP contribution in [-0.4, -0.2) is 17.4 Å². The number of hydrogen-bond acceptors (Lipinski definition) is 1. The fourth-order valence-electron chi connectivity index (χ4n) is 2.81. The first-order valence-corrected chi connectivity index (χ1v) is 5.09. The molecule has 0 aromatic rings. The molecule has 0 unspecified atom stereocenters. The highest BCUT2D eigenvalue weighted by Crippen LogP contribution is 2.41. The predicted octanol–water partition coefficient (Wildman–Crippen LogP) is 2.29. The van der Waals surface area contributed by atoms with Crippen LogP contribution >= 0.6 is 0 Å². The van der Waals surface area contributed by atoms with Crippen molar-refractivity contribution in [2.45, 2.75) is 50.8 Å². The molecule has 0 radical (unpaired) electrons. The van der Waals surface area contributed by atoms with Gasteiger partial charge in [-0.25, -0.2) is 4.39 Å². The third-order valence-corrected chi connectivity index (χ3v) is 3.56. The van der Waals surface area contributed by atoms with E-state index in [2.05, 4.69) is 0 Å². The van der Waals surface area contributed by atoms with Crippen molar-refractivity contribution in [2.24, 2.45) is 11.8 Å². The van der Waals surface area contributed by atoms with E-state index in [4.69, 9.17) is 0 Å². The molecule has 0 heterocycles. The molecule has 2 aliphatic rings. The smallest absolute Gasteiger partial charge is 0.126 e. The second-order valence-electron chi connectivity index (χ2n) is 4.36. The minimum atomic E-state index is -0.940. The van der Waals surface area contributed by atoms with Gasteiger partial charge in [-0.1, -0.05) is 25.7 Å². The molecular weight excluding hydrogens is 155 g/mol. The number of hydrogen-bond donors (Lipinski definition) is 1. The minimum Gasteiger partial charge on any atom is -0.390 e. The Hall–Kier alpha value is -0.110. The van der Waals surface area contributed by atoms with Gasteiger partial charge in [-0.3, -0.25) is 0 Å². The van der Waals surface area contributed by atoms with Gasteiger partial charge in [-0.05, 0) is 24.7 Å². The van der Waals surface area contributed by atoms with E-state index in [1.807, 2.05) is 0 Å². The largest absolute Gasteiger partial charge is 0.390 e. The van der Waals surface area contributed by atoms with Crippen LogP contribution in [0.3, 0.4) is 0 Å². The van der Waals surface area contributed by atoms with Gasteiger partial charge in [0.2, 0.25) is 0 Å². The highest BCUT2D eigenvalue weighted by Gasteiger charge is 2.37. The molecule has 2 rings (SSSR count). The second kappa shape index (κ2) is 3.33. The lowest BCUT2D eigenvalue weighted by molar-refractivity contribution is -0.0168. The van der Waals surface area contributed by atoms with Crippen LogP contribution in [0.4, 0.5) is 4.39 Å². The lowest BCUT2D eigenvalue weighted by Crippen LogP contribution is -2.38. The maximum absolute atomic E-state index is 13.1. The van der Waals surface area contributed by atoms with E-state index in [1.54, 1.807) is 0 Å². The Kier molecular flexibility index (Phi) is 2.35. The second-order valence-corrected chi connectivity index (χ2v) is 4.36. The van der Waals surface area contributed by atoms with E-state index in [-0.39, 0.29) is 0 Å². The normalized spacial score (nSPS) is 48.5. The highest BCUT2D eigenvalue weighted by atomic mass is 19.1. The zero-order valence-electron chi connectivity index (χ0n) is 7.38. The van der Waals surface area contributed by atoms with Crippen molar-refractivity contribution in [1.82, 2.24) is 0 Å². The van der Waals surface area contributed by atoms with Gasteiger partial charge >= 0.3 is 0 Å². The van der Waals surface area contributed by atoms with Gasteiger partial charge in [0.25, 0.3) is 0 Å². The number of aliphatic hydroxyl groups excluding tert-OH is 1. The molecule has 0 spiro atoms. The molecule has 1 N–H and O–H groups in total. The molecule has 2 saturated carbocycles. The lowest BCUT2D eigenvalue weighted by Gasteiger charge is -2.39. The van der Waals surface area contributed by atoms with Crippen molar-refractivity contribution in [2.75, 3.05) is 0 Å². The van der Waals surface area contributed by atoms with Crippen molar-refractivity contribution in [3.8, 4) is 0 Å². The summed E-state index contributed by atoms with van der Waals surface area (Å²) < 4.78 is 13.1. The molecule has 2 heteroatoms. The molecule has 12 heavy (non-hydrogen) atoms. The summed E-state index contributed by atoms with van der Waals surface area (Å²) in [6, 6.07) is 0. The molecular formula is C10H17FO. The first kappa shape index (κ1) is 8.49. The van der Waals surface area contributed by atoms with Gasteiger partial charge in [-0.15, -0.1) is 0 Å². The van der Waals surface area contributed by atoms with Gasteiger partial charge in [-0.2, -0.15) is 0 Å². The summed E-state index contributed by atoms with van der Waals surface area (Å²) in [6.45, 7) is 0. The van der Waals surface area contributed by atoms with E-state index in [9.17, 15) is 9.50 Å². The van der Waals surface area contributed by atoms with Crippen LogP contribution in [0.5, 0.6) is 0 Å². The van der Waals surface area contributed by atoms with E-state index in [0.717, 1.165) is 0 Å². The Morgan fingerprint density at radius 2 is 1.58 bits per heavy atom. The number of fused-ring (bicyclic) bond motifs is 1. The van der Waals surface area contributed by atoms with Crippen LogP contribution in [0, 0.1) is 11.8 Å². The molecule has 2 aliphatic carbocycles. The van der Waals surface area contributed by atoms with Crippen molar-refractivity contribution in [3.63, 3.8) is 0 Å².